The van der Waals surface area contributed by atoms with E-state index in [4.69, 9.17) is 9.73 Å². The number of rotatable bonds is 13. The molecule has 0 spiro atoms. The van der Waals surface area contributed by atoms with Crippen LogP contribution in [0.25, 0.3) is 0 Å². The predicted octanol–water partition coefficient (Wildman–Crippen LogP) is 4.05. The molecule has 1 heterocycles. The maximum atomic E-state index is 5.84. The zero-order valence-corrected chi connectivity index (χ0v) is 20.4. The molecule has 2 N–H and O–H groups in total. The molecule has 0 amide bonds. The zero-order valence-electron chi connectivity index (χ0n) is 19.6. The smallest absolute Gasteiger partial charge is 0.191 e. The SMILES string of the molecule is CCNC(=NCCCc1nnc(SC)n1C1CCCC1)NCCC(OCC)C(C)C. The summed E-state index contributed by atoms with van der Waals surface area (Å²) in [6.07, 6.45) is 10.4. The first-order valence-electron chi connectivity index (χ1n) is 11.7. The molecule has 1 aromatic rings. The van der Waals surface area contributed by atoms with Gasteiger partial charge in [0.2, 0.25) is 0 Å². The van der Waals surface area contributed by atoms with Crippen molar-refractivity contribution in [3.05, 3.63) is 5.82 Å². The molecule has 0 aromatic carbocycles. The normalized spacial score (nSPS) is 16.4. The summed E-state index contributed by atoms with van der Waals surface area (Å²) in [4.78, 5) is 4.76. The minimum absolute atomic E-state index is 0.290. The van der Waals surface area contributed by atoms with Crippen LogP contribution in [-0.2, 0) is 11.2 Å². The lowest BCUT2D eigenvalue weighted by Crippen LogP contribution is -2.39. The molecular formula is C22H42N6OS. The molecule has 7 nitrogen and oxygen atoms in total. The Balaban J connectivity index is 1.84. The molecule has 30 heavy (non-hydrogen) atoms. The van der Waals surface area contributed by atoms with E-state index in [9.17, 15) is 0 Å². The maximum absolute atomic E-state index is 5.84. The molecule has 8 heteroatoms. The van der Waals surface area contributed by atoms with Crippen molar-refractivity contribution in [3.8, 4) is 0 Å². The monoisotopic (exact) mass is 438 g/mol. The molecule has 1 atom stereocenters. The van der Waals surface area contributed by atoms with Crippen molar-refractivity contribution in [3.63, 3.8) is 0 Å². The lowest BCUT2D eigenvalue weighted by molar-refractivity contribution is 0.0258. The number of aliphatic imine (C=N–C) groups is 1. The average molecular weight is 439 g/mol. The topological polar surface area (TPSA) is 76.4 Å². The van der Waals surface area contributed by atoms with Gasteiger partial charge in [-0.3, -0.25) is 4.99 Å². The molecule has 1 aromatic heterocycles. The molecular weight excluding hydrogens is 396 g/mol. The fourth-order valence-electron chi connectivity index (χ4n) is 4.07. The van der Waals surface area contributed by atoms with Gasteiger partial charge in [0, 0.05) is 38.7 Å². The highest BCUT2D eigenvalue weighted by Gasteiger charge is 2.23. The highest BCUT2D eigenvalue weighted by molar-refractivity contribution is 7.98. The van der Waals surface area contributed by atoms with Gasteiger partial charge in [0.05, 0.1) is 6.10 Å². The molecule has 1 saturated carbocycles. The molecule has 1 aliphatic carbocycles. The number of nitrogens with zero attached hydrogens (tertiary/aromatic N) is 4. The van der Waals surface area contributed by atoms with Gasteiger partial charge in [-0.05, 0) is 51.7 Å². The quantitative estimate of drug-likeness (QED) is 0.209. The second-order valence-electron chi connectivity index (χ2n) is 8.23. The van der Waals surface area contributed by atoms with Crippen LogP contribution in [-0.4, -0.2) is 59.3 Å². The first-order chi connectivity index (χ1) is 14.6. The number of ether oxygens (including phenoxy) is 1. The summed E-state index contributed by atoms with van der Waals surface area (Å²) in [5, 5.41) is 16.8. The number of thioether (sulfide) groups is 1. The largest absolute Gasteiger partial charge is 0.378 e. The molecule has 0 radical (unpaired) electrons. The summed E-state index contributed by atoms with van der Waals surface area (Å²) < 4.78 is 8.23. The van der Waals surface area contributed by atoms with Crippen LogP contribution >= 0.6 is 11.8 Å². The summed E-state index contributed by atoms with van der Waals surface area (Å²) in [6.45, 7) is 11.9. The third-order valence-corrected chi connectivity index (χ3v) is 6.27. The van der Waals surface area contributed by atoms with Gasteiger partial charge < -0.3 is 19.9 Å². The zero-order chi connectivity index (χ0) is 21.8. The Kier molecular flexibility index (Phi) is 11.6. The van der Waals surface area contributed by atoms with Gasteiger partial charge in [0.15, 0.2) is 11.1 Å². The molecule has 0 aliphatic heterocycles. The molecule has 1 fully saturated rings. The second-order valence-corrected chi connectivity index (χ2v) is 9.00. The minimum atomic E-state index is 0.290. The van der Waals surface area contributed by atoms with E-state index in [-0.39, 0.29) is 6.10 Å². The van der Waals surface area contributed by atoms with Gasteiger partial charge in [0.1, 0.15) is 5.82 Å². The summed E-state index contributed by atoms with van der Waals surface area (Å²) in [5.41, 5.74) is 0. The van der Waals surface area contributed by atoms with Crippen LogP contribution in [0, 0.1) is 5.92 Å². The molecule has 1 aliphatic rings. The number of guanidine groups is 1. The number of nitrogens with one attached hydrogen (secondary N) is 2. The molecule has 0 saturated heterocycles. The van der Waals surface area contributed by atoms with Crippen LogP contribution in [0.3, 0.4) is 0 Å². The fraction of sp³-hybridized carbons (Fsp3) is 0.864. The third-order valence-electron chi connectivity index (χ3n) is 5.63. The van der Waals surface area contributed by atoms with Crippen molar-refractivity contribution in [1.82, 2.24) is 25.4 Å². The number of hydrogen-bond acceptors (Lipinski definition) is 5. The Labute approximate surface area is 187 Å². The van der Waals surface area contributed by atoms with E-state index in [0.29, 0.717) is 12.0 Å². The van der Waals surface area contributed by atoms with Crippen molar-refractivity contribution in [1.29, 1.82) is 0 Å². The highest BCUT2D eigenvalue weighted by atomic mass is 32.2. The average Bonchev–Trinajstić information content (AvgIpc) is 3.39. The van der Waals surface area contributed by atoms with Gasteiger partial charge in [-0.2, -0.15) is 0 Å². The Morgan fingerprint density at radius 3 is 2.63 bits per heavy atom. The highest BCUT2D eigenvalue weighted by Crippen LogP contribution is 2.33. The number of hydrogen-bond donors (Lipinski definition) is 2. The van der Waals surface area contributed by atoms with Gasteiger partial charge in [-0.25, -0.2) is 0 Å². The summed E-state index contributed by atoms with van der Waals surface area (Å²) in [7, 11) is 0. The second kappa shape index (κ2) is 13.9. The Hall–Kier alpha value is -1.28. The van der Waals surface area contributed by atoms with E-state index in [2.05, 4.69) is 59.3 Å². The van der Waals surface area contributed by atoms with E-state index in [1.165, 1.54) is 25.7 Å². The van der Waals surface area contributed by atoms with Crippen molar-refractivity contribution in [2.24, 2.45) is 10.9 Å². The van der Waals surface area contributed by atoms with E-state index >= 15 is 0 Å². The lowest BCUT2D eigenvalue weighted by atomic mass is 10.0. The van der Waals surface area contributed by atoms with Crippen molar-refractivity contribution in [2.45, 2.75) is 89.9 Å². The van der Waals surface area contributed by atoms with Crippen LogP contribution in [0.1, 0.15) is 78.1 Å². The van der Waals surface area contributed by atoms with Crippen LogP contribution < -0.4 is 10.6 Å². The van der Waals surface area contributed by atoms with Crippen LogP contribution in [0.4, 0.5) is 0 Å². The van der Waals surface area contributed by atoms with Gasteiger partial charge in [0.25, 0.3) is 0 Å². The van der Waals surface area contributed by atoms with Gasteiger partial charge >= 0.3 is 0 Å². The molecule has 0 bridgehead atoms. The molecule has 2 rings (SSSR count). The Morgan fingerprint density at radius 2 is 2.00 bits per heavy atom. The first-order valence-corrected chi connectivity index (χ1v) is 12.9. The van der Waals surface area contributed by atoms with Crippen LogP contribution in [0.2, 0.25) is 0 Å². The number of aryl methyl sites for hydroxylation is 1. The molecule has 172 valence electrons. The minimum Gasteiger partial charge on any atom is -0.378 e. The van der Waals surface area contributed by atoms with E-state index < -0.39 is 0 Å². The van der Waals surface area contributed by atoms with Gasteiger partial charge in [-0.1, -0.05) is 38.5 Å². The number of aromatic nitrogens is 3. The fourth-order valence-corrected chi connectivity index (χ4v) is 4.65. The van der Waals surface area contributed by atoms with E-state index in [0.717, 1.165) is 62.4 Å². The van der Waals surface area contributed by atoms with Crippen LogP contribution in [0.15, 0.2) is 10.1 Å². The van der Waals surface area contributed by atoms with E-state index in [1.54, 1.807) is 11.8 Å². The first kappa shape index (κ1) is 25.0. The Morgan fingerprint density at radius 1 is 1.23 bits per heavy atom. The standard InChI is InChI=1S/C22H42N6OS/c1-6-23-21(25-16-14-19(17(3)4)29-7-2)24-15-10-13-20-26-27-22(30-5)28(20)18-11-8-9-12-18/h17-19H,6-16H2,1-5H3,(H2,23,24,25). The lowest BCUT2D eigenvalue weighted by Gasteiger charge is -2.21. The molecule has 1 unspecified atom stereocenters. The summed E-state index contributed by atoms with van der Waals surface area (Å²) in [5.74, 6) is 2.53. The predicted molar refractivity (Wildman–Crippen MR) is 126 cm³/mol. The van der Waals surface area contributed by atoms with Crippen molar-refractivity contribution < 1.29 is 4.74 Å². The van der Waals surface area contributed by atoms with Crippen molar-refractivity contribution in [2.75, 3.05) is 32.5 Å². The van der Waals surface area contributed by atoms with Crippen molar-refractivity contribution >= 4 is 17.7 Å². The van der Waals surface area contributed by atoms with Gasteiger partial charge in [-0.15, -0.1) is 10.2 Å². The summed E-state index contributed by atoms with van der Waals surface area (Å²) >= 11 is 1.70. The summed E-state index contributed by atoms with van der Waals surface area (Å²) in [6, 6.07) is 0.583. The maximum Gasteiger partial charge on any atom is 0.191 e. The third kappa shape index (κ3) is 7.76. The Bertz CT molecular complexity index is 627. The van der Waals surface area contributed by atoms with E-state index in [1.807, 2.05) is 0 Å². The van der Waals surface area contributed by atoms with Crippen LogP contribution in [0.5, 0.6) is 0 Å².